The minimum Gasteiger partial charge on any atom is -0.466 e. The molecule has 0 saturated heterocycles. The van der Waals surface area contributed by atoms with E-state index < -0.39 is 0 Å². The normalized spacial score (nSPS) is 11.2. The molecule has 1 unspecified atom stereocenters. The monoisotopic (exact) mass is 282 g/mol. The molecule has 0 radical (unpaired) electrons. The molecule has 0 aliphatic rings. The van der Waals surface area contributed by atoms with Gasteiger partial charge in [-0.25, -0.2) is 0 Å². The maximum Gasteiger partial charge on any atom is 0.307 e. The Morgan fingerprint density at radius 1 is 1.05 bits per heavy atom. The molecule has 4 heteroatoms. The van der Waals surface area contributed by atoms with Crippen molar-refractivity contribution < 1.29 is 19.1 Å². The summed E-state index contributed by atoms with van der Waals surface area (Å²) in [5.74, 6) is 5.00. The van der Waals surface area contributed by atoms with Crippen LogP contribution in [0.3, 0.4) is 0 Å². The first-order valence-corrected chi connectivity index (χ1v) is 7.41. The molecule has 0 heterocycles. The zero-order valence-electron chi connectivity index (χ0n) is 12.9. The van der Waals surface area contributed by atoms with E-state index in [9.17, 15) is 9.59 Å². The molecule has 0 rings (SSSR count). The summed E-state index contributed by atoms with van der Waals surface area (Å²) >= 11 is 0. The number of hydrogen-bond donors (Lipinski definition) is 0. The Labute approximate surface area is 122 Å². The van der Waals surface area contributed by atoms with Gasteiger partial charge in [-0.3, -0.25) is 9.59 Å². The minimum atomic E-state index is -0.339. The number of rotatable bonds is 10. The Morgan fingerprint density at radius 2 is 1.75 bits per heavy atom. The topological polar surface area (TPSA) is 52.6 Å². The second kappa shape index (κ2) is 12.5. The molecule has 4 nitrogen and oxygen atoms in total. The SMILES string of the molecule is CC#CC(CC)OC(=O)CCCC(=O)OCCCCC. The summed E-state index contributed by atoms with van der Waals surface area (Å²) in [7, 11) is 0. The maximum absolute atomic E-state index is 11.5. The van der Waals surface area contributed by atoms with Crippen LogP contribution in [0.5, 0.6) is 0 Å². The first-order chi connectivity index (χ1) is 9.63. The highest BCUT2D eigenvalue weighted by Gasteiger charge is 2.11. The van der Waals surface area contributed by atoms with Crippen molar-refractivity contribution in [3.63, 3.8) is 0 Å². The van der Waals surface area contributed by atoms with Crippen LogP contribution in [0.2, 0.25) is 0 Å². The molecule has 0 aromatic heterocycles. The summed E-state index contributed by atoms with van der Waals surface area (Å²) < 4.78 is 10.2. The Bertz CT molecular complexity index is 338. The van der Waals surface area contributed by atoms with Crippen molar-refractivity contribution >= 4 is 11.9 Å². The van der Waals surface area contributed by atoms with E-state index in [1.807, 2.05) is 6.92 Å². The van der Waals surface area contributed by atoms with Crippen LogP contribution in [0.15, 0.2) is 0 Å². The van der Waals surface area contributed by atoms with Gasteiger partial charge in [-0.2, -0.15) is 0 Å². The lowest BCUT2D eigenvalue weighted by atomic mass is 10.2. The lowest BCUT2D eigenvalue weighted by molar-refractivity contribution is -0.147. The van der Waals surface area contributed by atoms with Crippen molar-refractivity contribution in [2.24, 2.45) is 0 Å². The van der Waals surface area contributed by atoms with Crippen LogP contribution in [-0.4, -0.2) is 24.6 Å². The standard InChI is InChI=1S/C16H26O4/c1-4-7-8-13-19-15(17)11-9-12-16(18)20-14(6-3)10-5-2/h14H,4,6-9,11-13H2,1-3H3. The molecule has 0 bridgehead atoms. The van der Waals surface area contributed by atoms with Crippen LogP contribution in [0.4, 0.5) is 0 Å². The number of esters is 2. The quantitative estimate of drug-likeness (QED) is 0.351. The zero-order chi connectivity index (χ0) is 15.2. The third kappa shape index (κ3) is 10.4. The number of unbranched alkanes of at least 4 members (excludes halogenated alkanes) is 2. The van der Waals surface area contributed by atoms with Gasteiger partial charge in [0.25, 0.3) is 0 Å². The lowest BCUT2D eigenvalue weighted by Gasteiger charge is -2.10. The van der Waals surface area contributed by atoms with Crippen molar-refractivity contribution in [1.82, 2.24) is 0 Å². The van der Waals surface area contributed by atoms with E-state index in [1.54, 1.807) is 6.92 Å². The number of hydrogen-bond acceptors (Lipinski definition) is 4. The molecule has 20 heavy (non-hydrogen) atoms. The summed E-state index contributed by atoms with van der Waals surface area (Å²) in [6.45, 7) is 6.20. The molecule has 0 aromatic carbocycles. The van der Waals surface area contributed by atoms with Gasteiger partial charge in [-0.1, -0.05) is 32.6 Å². The van der Waals surface area contributed by atoms with Crippen molar-refractivity contribution in [2.45, 2.75) is 71.8 Å². The van der Waals surface area contributed by atoms with Crippen molar-refractivity contribution in [2.75, 3.05) is 6.61 Å². The van der Waals surface area contributed by atoms with Gasteiger partial charge < -0.3 is 9.47 Å². The van der Waals surface area contributed by atoms with Gasteiger partial charge in [0.15, 0.2) is 6.10 Å². The third-order valence-electron chi connectivity index (χ3n) is 2.72. The molecule has 0 aliphatic heterocycles. The van der Waals surface area contributed by atoms with Gasteiger partial charge in [0.2, 0.25) is 0 Å². The fraction of sp³-hybridized carbons (Fsp3) is 0.750. The highest BCUT2D eigenvalue weighted by Crippen LogP contribution is 2.04. The summed E-state index contributed by atoms with van der Waals surface area (Å²) in [5.41, 5.74) is 0. The zero-order valence-corrected chi connectivity index (χ0v) is 12.9. The van der Waals surface area contributed by atoms with E-state index in [1.165, 1.54) is 0 Å². The van der Waals surface area contributed by atoms with Crippen LogP contribution < -0.4 is 0 Å². The summed E-state index contributed by atoms with van der Waals surface area (Å²) in [6, 6.07) is 0. The maximum atomic E-state index is 11.5. The van der Waals surface area contributed by atoms with Crippen molar-refractivity contribution in [1.29, 1.82) is 0 Å². The molecule has 0 aromatic rings. The van der Waals surface area contributed by atoms with Crippen LogP contribution in [0.25, 0.3) is 0 Å². The van der Waals surface area contributed by atoms with E-state index in [0.717, 1.165) is 19.3 Å². The van der Waals surface area contributed by atoms with Crippen LogP contribution in [-0.2, 0) is 19.1 Å². The molecule has 0 spiro atoms. The number of carbonyl (C=O) groups is 2. The molecule has 0 aliphatic carbocycles. The van der Waals surface area contributed by atoms with Crippen LogP contribution in [0, 0.1) is 11.8 Å². The van der Waals surface area contributed by atoms with Gasteiger partial charge >= 0.3 is 11.9 Å². The highest BCUT2D eigenvalue weighted by molar-refractivity contribution is 5.72. The van der Waals surface area contributed by atoms with Gasteiger partial charge in [0.1, 0.15) is 0 Å². The predicted molar refractivity (Wildman–Crippen MR) is 78.0 cm³/mol. The fourth-order valence-corrected chi connectivity index (χ4v) is 1.58. The molecule has 114 valence electrons. The minimum absolute atomic E-state index is 0.228. The molecular weight excluding hydrogens is 256 g/mol. The molecular formula is C16H26O4. The summed E-state index contributed by atoms with van der Waals surface area (Å²) in [5, 5.41) is 0. The third-order valence-corrected chi connectivity index (χ3v) is 2.72. The molecule has 0 saturated carbocycles. The number of ether oxygens (including phenoxy) is 2. The van der Waals surface area contributed by atoms with Gasteiger partial charge in [0, 0.05) is 12.8 Å². The Hall–Kier alpha value is -1.50. The van der Waals surface area contributed by atoms with Crippen molar-refractivity contribution in [3.05, 3.63) is 0 Å². The highest BCUT2D eigenvalue weighted by atomic mass is 16.5. The average molecular weight is 282 g/mol. The van der Waals surface area contributed by atoms with Crippen LogP contribution in [0.1, 0.15) is 65.7 Å². The Balaban J connectivity index is 3.68. The Kier molecular flexibility index (Phi) is 11.6. The van der Waals surface area contributed by atoms with E-state index in [2.05, 4.69) is 18.8 Å². The lowest BCUT2D eigenvalue weighted by Crippen LogP contribution is -2.16. The van der Waals surface area contributed by atoms with Crippen LogP contribution >= 0.6 is 0 Å². The number of carbonyl (C=O) groups excluding carboxylic acids is 2. The fourth-order valence-electron chi connectivity index (χ4n) is 1.58. The summed E-state index contributed by atoms with van der Waals surface area (Å²) in [6.07, 6.45) is 4.35. The second-order valence-corrected chi connectivity index (χ2v) is 4.56. The van der Waals surface area contributed by atoms with E-state index >= 15 is 0 Å². The molecule has 0 amide bonds. The van der Waals surface area contributed by atoms with Gasteiger partial charge in [-0.15, -0.1) is 5.92 Å². The molecule has 0 fully saturated rings. The van der Waals surface area contributed by atoms with Crippen molar-refractivity contribution in [3.8, 4) is 11.8 Å². The van der Waals surface area contributed by atoms with E-state index in [4.69, 9.17) is 9.47 Å². The summed E-state index contributed by atoms with van der Waals surface area (Å²) in [4.78, 5) is 22.9. The van der Waals surface area contributed by atoms with Gasteiger partial charge in [0.05, 0.1) is 6.61 Å². The average Bonchev–Trinajstić information content (AvgIpc) is 2.43. The smallest absolute Gasteiger partial charge is 0.307 e. The molecule has 0 N–H and O–H groups in total. The second-order valence-electron chi connectivity index (χ2n) is 4.56. The Morgan fingerprint density at radius 3 is 2.35 bits per heavy atom. The first-order valence-electron chi connectivity index (χ1n) is 7.41. The molecule has 1 atom stereocenters. The largest absolute Gasteiger partial charge is 0.466 e. The van der Waals surface area contributed by atoms with E-state index in [0.29, 0.717) is 19.4 Å². The van der Waals surface area contributed by atoms with Gasteiger partial charge in [-0.05, 0) is 26.2 Å². The first kappa shape index (κ1) is 18.5. The predicted octanol–water partition coefficient (Wildman–Crippen LogP) is 3.24. The van der Waals surface area contributed by atoms with E-state index in [-0.39, 0.29) is 30.9 Å².